The Bertz CT molecular complexity index is 833. The molecule has 0 aliphatic carbocycles. The Morgan fingerprint density at radius 3 is 2.68 bits per heavy atom. The van der Waals surface area contributed by atoms with Crippen molar-refractivity contribution in [3.8, 4) is 0 Å². The van der Waals surface area contributed by atoms with E-state index >= 15 is 0 Å². The number of amides is 2. The van der Waals surface area contributed by atoms with Gasteiger partial charge >= 0.3 is 0 Å². The number of anilines is 1. The fourth-order valence-electron chi connectivity index (χ4n) is 3.98. The van der Waals surface area contributed by atoms with Crippen molar-refractivity contribution in [2.75, 3.05) is 24.5 Å². The van der Waals surface area contributed by atoms with Crippen LogP contribution in [0.3, 0.4) is 0 Å². The molecule has 2 aliphatic heterocycles. The van der Waals surface area contributed by atoms with E-state index in [4.69, 9.17) is 0 Å². The normalized spacial score (nSPS) is 19.3. The quantitative estimate of drug-likeness (QED) is 0.838. The highest BCUT2D eigenvalue weighted by Crippen LogP contribution is 2.22. The maximum Gasteiger partial charge on any atom is 0.225 e. The molecule has 4 rings (SSSR count). The second-order valence-electron chi connectivity index (χ2n) is 7.61. The first kappa shape index (κ1) is 18.5. The van der Waals surface area contributed by atoms with Crippen molar-refractivity contribution in [2.45, 2.75) is 32.4 Å². The van der Waals surface area contributed by atoms with Crippen molar-refractivity contribution < 1.29 is 9.59 Å². The van der Waals surface area contributed by atoms with E-state index in [-0.39, 0.29) is 24.2 Å². The first-order valence-electron chi connectivity index (χ1n) is 9.97. The fourth-order valence-corrected chi connectivity index (χ4v) is 3.98. The summed E-state index contributed by atoms with van der Waals surface area (Å²) in [5.74, 6) is -0.291. The summed E-state index contributed by atoms with van der Waals surface area (Å²) in [4.78, 5) is 33.0. The fraction of sp³-hybridized carbons (Fsp3) is 0.409. The van der Waals surface area contributed by atoms with Gasteiger partial charge in [-0.2, -0.15) is 0 Å². The predicted molar refractivity (Wildman–Crippen MR) is 107 cm³/mol. The number of pyridine rings is 1. The van der Waals surface area contributed by atoms with E-state index < -0.39 is 0 Å². The molecule has 2 aromatic rings. The first-order valence-corrected chi connectivity index (χ1v) is 9.97. The van der Waals surface area contributed by atoms with Crippen LogP contribution in [0.25, 0.3) is 0 Å². The average molecular weight is 378 g/mol. The van der Waals surface area contributed by atoms with Crippen LogP contribution in [0.5, 0.6) is 0 Å². The average Bonchev–Trinajstić information content (AvgIpc) is 3.38. The molecule has 2 fully saturated rings. The zero-order chi connectivity index (χ0) is 19.3. The zero-order valence-electron chi connectivity index (χ0n) is 16.0. The van der Waals surface area contributed by atoms with Gasteiger partial charge in [-0.05, 0) is 48.2 Å². The molecule has 1 aromatic carbocycles. The number of aromatic nitrogens is 1. The highest BCUT2D eigenvalue weighted by Gasteiger charge is 2.34. The largest absolute Gasteiger partial charge is 0.372 e. The number of carbonyl (C=O) groups excluding carboxylic acids is 2. The second-order valence-corrected chi connectivity index (χ2v) is 7.61. The monoisotopic (exact) mass is 378 g/mol. The van der Waals surface area contributed by atoms with Crippen LogP contribution >= 0.6 is 0 Å². The molecule has 28 heavy (non-hydrogen) atoms. The molecular formula is C22H26N4O2. The van der Waals surface area contributed by atoms with Gasteiger partial charge in [0, 0.05) is 57.2 Å². The molecule has 0 saturated carbocycles. The Labute approximate surface area is 165 Å². The van der Waals surface area contributed by atoms with Gasteiger partial charge in [-0.1, -0.05) is 12.1 Å². The number of nitrogens with zero attached hydrogens (tertiary/aromatic N) is 3. The minimum atomic E-state index is -0.281. The number of carbonyl (C=O) groups is 2. The van der Waals surface area contributed by atoms with E-state index in [1.807, 2.05) is 24.3 Å². The van der Waals surface area contributed by atoms with Crippen LogP contribution in [0.4, 0.5) is 5.69 Å². The topological polar surface area (TPSA) is 65.5 Å². The minimum Gasteiger partial charge on any atom is -0.372 e. The van der Waals surface area contributed by atoms with Crippen LogP contribution in [0.15, 0.2) is 48.8 Å². The van der Waals surface area contributed by atoms with Crippen molar-refractivity contribution in [1.82, 2.24) is 15.2 Å². The standard InChI is InChI=1S/C22H26N4O2/c27-21-13-19(16-26(21)15-17-6-8-23-9-7-17)22(28)24-14-18-4-3-5-20(12-18)25-10-1-2-11-25/h3-9,12,19H,1-2,10-11,13-16H2,(H,24,28)/t19-/m0/s1. The highest BCUT2D eigenvalue weighted by molar-refractivity contribution is 5.89. The third kappa shape index (κ3) is 4.32. The van der Waals surface area contributed by atoms with Crippen LogP contribution in [0.2, 0.25) is 0 Å². The summed E-state index contributed by atoms with van der Waals surface area (Å²) < 4.78 is 0. The summed E-state index contributed by atoms with van der Waals surface area (Å²) in [5.41, 5.74) is 3.35. The molecule has 1 N–H and O–H groups in total. The smallest absolute Gasteiger partial charge is 0.225 e. The van der Waals surface area contributed by atoms with E-state index in [2.05, 4.69) is 27.3 Å². The van der Waals surface area contributed by atoms with Gasteiger partial charge in [-0.15, -0.1) is 0 Å². The lowest BCUT2D eigenvalue weighted by Gasteiger charge is -2.19. The van der Waals surface area contributed by atoms with E-state index in [1.165, 1.54) is 18.5 Å². The van der Waals surface area contributed by atoms with Gasteiger partial charge in [-0.3, -0.25) is 14.6 Å². The van der Waals surface area contributed by atoms with Crippen molar-refractivity contribution in [1.29, 1.82) is 0 Å². The lowest BCUT2D eigenvalue weighted by Crippen LogP contribution is -2.32. The molecule has 0 radical (unpaired) electrons. The van der Waals surface area contributed by atoms with Gasteiger partial charge in [-0.25, -0.2) is 0 Å². The molecule has 3 heterocycles. The summed E-state index contributed by atoms with van der Waals surface area (Å²) in [5, 5.41) is 3.02. The van der Waals surface area contributed by atoms with Gasteiger partial charge in [0.1, 0.15) is 0 Å². The Morgan fingerprint density at radius 2 is 1.89 bits per heavy atom. The molecule has 1 atom stereocenters. The van der Waals surface area contributed by atoms with Crippen LogP contribution in [0.1, 0.15) is 30.4 Å². The number of likely N-dealkylation sites (tertiary alicyclic amines) is 1. The Kier molecular flexibility index (Phi) is 5.55. The second kappa shape index (κ2) is 8.42. The SMILES string of the molecule is O=C(NCc1cccc(N2CCCC2)c1)[C@H]1CC(=O)N(Cc2ccncc2)C1. The summed E-state index contributed by atoms with van der Waals surface area (Å²) in [6, 6.07) is 12.2. The molecule has 2 aliphatic rings. The predicted octanol–water partition coefficient (Wildman–Crippen LogP) is 2.35. The number of benzene rings is 1. The number of nitrogens with one attached hydrogen (secondary N) is 1. The van der Waals surface area contributed by atoms with Gasteiger partial charge < -0.3 is 15.1 Å². The van der Waals surface area contributed by atoms with Crippen molar-refractivity contribution in [3.63, 3.8) is 0 Å². The number of hydrogen-bond donors (Lipinski definition) is 1. The third-order valence-electron chi connectivity index (χ3n) is 5.56. The van der Waals surface area contributed by atoms with Gasteiger partial charge in [0.05, 0.1) is 5.92 Å². The molecule has 2 amide bonds. The summed E-state index contributed by atoms with van der Waals surface area (Å²) in [7, 11) is 0. The Morgan fingerprint density at radius 1 is 1.11 bits per heavy atom. The molecule has 6 nitrogen and oxygen atoms in total. The molecule has 1 aromatic heterocycles. The van der Waals surface area contributed by atoms with Crippen LogP contribution in [0, 0.1) is 5.92 Å². The molecular weight excluding hydrogens is 352 g/mol. The van der Waals surface area contributed by atoms with E-state index in [9.17, 15) is 9.59 Å². The van der Waals surface area contributed by atoms with E-state index in [0.29, 0.717) is 19.6 Å². The highest BCUT2D eigenvalue weighted by atomic mass is 16.2. The van der Waals surface area contributed by atoms with Gasteiger partial charge in [0.15, 0.2) is 0 Å². The van der Waals surface area contributed by atoms with Crippen molar-refractivity contribution in [3.05, 3.63) is 59.9 Å². The van der Waals surface area contributed by atoms with E-state index in [0.717, 1.165) is 24.2 Å². The van der Waals surface area contributed by atoms with Gasteiger partial charge in [0.25, 0.3) is 0 Å². The van der Waals surface area contributed by atoms with Crippen molar-refractivity contribution in [2.24, 2.45) is 5.92 Å². The summed E-state index contributed by atoms with van der Waals surface area (Å²) in [6.07, 6.45) is 6.21. The maximum absolute atomic E-state index is 12.6. The molecule has 0 spiro atoms. The first-order chi connectivity index (χ1) is 13.7. The summed E-state index contributed by atoms with van der Waals surface area (Å²) >= 11 is 0. The molecule has 0 bridgehead atoms. The Hall–Kier alpha value is -2.89. The number of hydrogen-bond acceptors (Lipinski definition) is 4. The maximum atomic E-state index is 12.6. The van der Waals surface area contributed by atoms with Crippen molar-refractivity contribution >= 4 is 17.5 Å². The van der Waals surface area contributed by atoms with Crippen LogP contribution in [-0.4, -0.2) is 41.3 Å². The Balaban J connectivity index is 1.30. The lowest BCUT2D eigenvalue weighted by molar-refractivity contribution is -0.129. The molecule has 6 heteroatoms. The number of rotatable bonds is 6. The van der Waals surface area contributed by atoms with E-state index in [1.54, 1.807) is 17.3 Å². The van der Waals surface area contributed by atoms with Gasteiger partial charge in [0.2, 0.25) is 11.8 Å². The molecule has 146 valence electrons. The third-order valence-corrected chi connectivity index (χ3v) is 5.56. The zero-order valence-corrected chi connectivity index (χ0v) is 16.0. The summed E-state index contributed by atoms with van der Waals surface area (Å²) in [6.45, 7) is 3.71. The minimum absolute atomic E-state index is 0.0352. The van der Waals surface area contributed by atoms with Crippen LogP contribution < -0.4 is 10.2 Å². The lowest BCUT2D eigenvalue weighted by atomic mass is 10.1. The van der Waals surface area contributed by atoms with Crippen LogP contribution in [-0.2, 0) is 22.7 Å². The molecule has 0 unspecified atom stereocenters. The molecule has 2 saturated heterocycles.